The van der Waals surface area contributed by atoms with Crippen LogP contribution >= 0.6 is 11.3 Å². The Balaban J connectivity index is 1.79. The second-order valence-electron chi connectivity index (χ2n) is 4.77. The molecule has 0 saturated heterocycles. The van der Waals surface area contributed by atoms with Crippen molar-refractivity contribution in [2.45, 2.75) is 13.3 Å². The van der Waals surface area contributed by atoms with Crippen LogP contribution in [-0.2, 0) is 16.4 Å². The van der Waals surface area contributed by atoms with E-state index in [2.05, 4.69) is 14.8 Å². The first-order valence-electron chi connectivity index (χ1n) is 6.95. The summed E-state index contributed by atoms with van der Waals surface area (Å²) in [5, 5.41) is 6.48. The van der Waals surface area contributed by atoms with Crippen LogP contribution in [0.25, 0.3) is 16.3 Å². The fourth-order valence-corrected chi connectivity index (χ4v) is 3.52. The van der Waals surface area contributed by atoms with Crippen LogP contribution in [0.3, 0.4) is 0 Å². The number of thiazole rings is 1. The first-order valence-corrected chi connectivity index (χ1v) is 9.48. The normalized spacial score (nSPS) is 12.0. The fraction of sp³-hybridized carbons (Fsp3) is 0.286. The molecule has 8 heteroatoms. The Hall–Kier alpha value is -1.77. The van der Waals surface area contributed by atoms with Crippen LogP contribution in [0.5, 0.6) is 0 Å². The van der Waals surface area contributed by atoms with Crippen LogP contribution in [0.2, 0.25) is 0 Å². The number of hydrogen-bond donors (Lipinski definition) is 1. The summed E-state index contributed by atoms with van der Waals surface area (Å²) in [5.41, 5.74) is 1.92. The molecule has 22 heavy (non-hydrogen) atoms. The van der Waals surface area contributed by atoms with E-state index in [0.717, 1.165) is 16.2 Å². The molecule has 0 aliphatic rings. The maximum Gasteiger partial charge on any atom is 0.212 e. The molecular weight excluding hydrogens is 320 g/mol. The standard InChI is InChI=1S/C14H16N4O2S2/c1-2-22(19,20)15-9-8-12-10-21-14-16-13(17-18(12)14)11-6-4-3-5-7-11/h3-7,10,15H,2,8-9H2,1H3. The van der Waals surface area contributed by atoms with E-state index >= 15 is 0 Å². The minimum atomic E-state index is -3.16. The van der Waals surface area contributed by atoms with E-state index < -0.39 is 10.0 Å². The van der Waals surface area contributed by atoms with Gasteiger partial charge in [0.2, 0.25) is 15.0 Å². The van der Waals surface area contributed by atoms with Gasteiger partial charge in [-0.15, -0.1) is 16.4 Å². The average molecular weight is 336 g/mol. The van der Waals surface area contributed by atoms with Crippen LogP contribution in [0.1, 0.15) is 12.6 Å². The number of nitrogens with zero attached hydrogens (tertiary/aromatic N) is 3. The molecule has 0 fully saturated rings. The Morgan fingerprint density at radius 3 is 2.77 bits per heavy atom. The highest BCUT2D eigenvalue weighted by molar-refractivity contribution is 7.89. The molecule has 1 N–H and O–H groups in total. The molecule has 0 unspecified atom stereocenters. The monoisotopic (exact) mass is 336 g/mol. The van der Waals surface area contributed by atoms with Crippen LogP contribution in [0.4, 0.5) is 0 Å². The predicted octanol–water partition coefficient (Wildman–Crippen LogP) is 1.94. The van der Waals surface area contributed by atoms with Gasteiger partial charge in [0.1, 0.15) is 0 Å². The Morgan fingerprint density at radius 2 is 2.05 bits per heavy atom. The van der Waals surface area contributed by atoms with Gasteiger partial charge in [-0.1, -0.05) is 30.3 Å². The first kappa shape index (κ1) is 15.1. The van der Waals surface area contributed by atoms with Crippen molar-refractivity contribution in [3.8, 4) is 11.4 Å². The lowest BCUT2D eigenvalue weighted by atomic mass is 10.2. The third kappa shape index (κ3) is 3.18. The number of rotatable bonds is 6. The molecule has 3 aromatic rings. The van der Waals surface area contributed by atoms with Gasteiger partial charge in [0.15, 0.2) is 5.82 Å². The molecule has 0 bridgehead atoms. The SMILES string of the molecule is CCS(=O)(=O)NCCc1csc2nc(-c3ccccc3)nn12. The Kier molecular flexibility index (Phi) is 4.23. The van der Waals surface area contributed by atoms with Crippen molar-refractivity contribution in [1.29, 1.82) is 0 Å². The van der Waals surface area contributed by atoms with Crippen molar-refractivity contribution >= 4 is 26.3 Å². The van der Waals surface area contributed by atoms with Crippen molar-refractivity contribution in [2.24, 2.45) is 0 Å². The van der Waals surface area contributed by atoms with E-state index in [1.54, 1.807) is 11.4 Å². The minimum absolute atomic E-state index is 0.0908. The van der Waals surface area contributed by atoms with Gasteiger partial charge in [0.05, 0.1) is 11.4 Å². The Labute approximate surface area is 132 Å². The van der Waals surface area contributed by atoms with E-state index in [4.69, 9.17) is 0 Å². The highest BCUT2D eigenvalue weighted by Crippen LogP contribution is 2.20. The predicted molar refractivity (Wildman–Crippen MR) is 87.5 cm³/mol. The second kappa shape index (κ2) is 6.15. The molecule has 2 heterocycles. The molecule has 1 aromatic carbocycles. The topological polar surface area (TPSA) is 76.4 Å². The number of hydrogen-bond acceptors (Lipinski definition) is 5. The Bertz CT molecular complexity index is 869. The van der Waals surface area contributed by atoms with Crippen molar-refractivity contribution < 1.29 is 8.42 Å². The van der Waals surface area contributed by atoms with Crippen molar-refractivity contribution in [3.05, 3.63) is 41.4 Å². The van der Waals surface area contributed by atoms with Gasteiger partial charge in [0, 0.05) is 23.9 Å². The van der Waals surface area contributed by atoms with Crippen molar-refractivity contribution in [3.63, 3.8) is 0 Å². The smallest absolute Gasteiger partial charge is 0.212 e. The van der Waals surface area contributed by atoms with Gasteiger partial charge in [0.25, 0.3) is 0 Å². The highest BCUT2D eigenvalue weighted by atomic mass is 32.2. The molecule has 0 saturated carbocycles. The molecule has 2 aromatic heterocycles. The molecule has 116 valence electrons. The zero-order valence-corrected chi connectivity index (χ0v) is 13.7. The zero-order chi connectivity index (χ0) is 15.6. The van der Waals surface area contributed by atoms with Gasteiger partial charge < -0.3 is 0 Å². The van der Waals surface area contributed by atoms with E-state index in [1.807, 2.05) is 35.7 Å². The number of sulfonamides is 1. The maximum absolute atomic E-state index is 11.4. The lowest BCUT2D eigenvalue weighted by Crippen LogP contribution is -2.27. The van der Waals surface area contributed by atoms with Gasteiger partial charge >= 0.3 is 0 Å². The number of benzene rings is 1. The third-order valence-corrected chi connectivity index (χ3v) is 5.53. The molecule has 0 amide bonds. The fourth-order valence-electron chi connectivity index (χ4n) is 2.04. The summed E-state index contributed by atoms with van der Waals surface area (Å²) in [7, 11) is -3.16. The molecule has 0 radical (unpaired) electrons. The molecule has 0 spiro atoms. The summed E-state index contributed by atoms with van der Waals surface area (Å²) in [6.07, 6.45) is 0.580. The number of nitrogens with one attached hydrogen (secondary N) is 1. The Morgan fingerprint density at radius 1 is 1.27 bits per heavy atom. The first-order chi connectivity index (χ1) is 10.6. The lowest BCUT2D eigenvalue weighted by molar-refractivity contribution is 0.582. The van der Waals surface area contributed by atoms with E-state index in [0.29, 0.717) is 18.8 Å². The largest absolute Gasteiger partial charge is 0.215 e. The second-order valence-corrected chi connectivity index (χ2v) is 7.70. The molecule has 3 rings (SSSR count). The zero-order valence-electron chi connectivity index (χ0n) is 12.1. The third-order valence-electron chi connectivity index (χ3n) is 3.27. The summed E-state index contributed by atoms with van der Waals surface area (Å²) in [6.45, 7) is 1.98. The van der Waals surface area contributed by atoms with E-state index in [1.165, 1.54) is 11.3 Å². The molecule has 0 aliphatic carbocycles. The van der Waals surface area contributed by atoms with Gasteiger partial charge in [-0.3, -0.25) is 0 Å². The van der Waals surface area contributed by atoms with Crippen LogP contribution < -0.4 is 4.72 Å². The van der Waals surface area contributed by atoms with Crippen LogP contribution in [0.15, 0.2) is 35.7 Å². The van der Waals surface area contributed by atoms with E-state index in [-0.39, 0.29) is 5.75 Å². The number of fused-ring (bicyclic) bond motifs is 1. The van der Waals surface area contributed by atoms with Crippen LogP contribution in [-0.4, -0.2) is 35.3 Å². The molecule has 0 aliphatic heterocycles. The maximum atomic E-state index is 11.4. The van der Waals surface area contributed by atoms with Gasteiger partial charge in [-0.25, -0.2) is 17.7 Å². The summed E-state index contributed by atoms with van der Waals surface area (Å²) in [4.78, 5) is 5.32. The molecule has 0 atom stereocenters. The lowest BCUT2D eigenvalue weighted by Gasteiger charge is -2.03. The summed E-state index contributed by atoms with van der Waals surface area (Å²) in [5.74, 6) is 0.774. The molecule has 6 nitrogen and oxygen atoms in total. The summed E-state index contributed by atoms with van der Waals surface area (Å²) < 4.78 is 27.2. The quantitative estimate of drug-likeness (QED) is 0.746. The van der Waals surface area contributed by atoms with Crippen molar-refractivity contribution in [2.75, 3.05) is 12.3 Å². The van der Waals surface area contributed by atoms with Gasteiger partial charge in [-0.05, 0) is 6.92 Å². The van der Waals surface area contributed by atoms with E-state index in [9.17, 15) is 8.42 Å². The molecular formula is C14H16N4O2S2. The highest BCUT2D eigenvalue weighted by Gasteiger charge is 2.12. The van der Waals surface area contributed by atoms with Gasteiger partial charge in [-0.2, -0.15) is 4.98 Å². The summed E-state index contributed by atoms with van der Waals surface area (Å²) >= 11 is 1.51. The number of aromatic nitrogens is 3. The van der Waals surface area contributed by atoms with Crippen molar-refractivity contribution in [1.82, 2.24) is 19.3 Å². The summed E-state index contributed by atoms with van der Waals surface area (Å²) in [6, 6.07) is 9.78. The van der Waals surface area contributed by atoms with Crippen LogP contribution in [0, 0.1) is 0 Å². The average Bonchev–Trinajstić information content (AvgIpc) is 3.10. The minimum Gasteiger partial charge on any atom is -0.215 e.